The molecule has 1 atom stereocenters. The van der Waals surface area contributed by atoms with Gasteiger partial charge in [0.1, 0.15) is 0 Å². The third kappa shape index (κ3) is 4.69. The van der Waals surface area contributed by atoms with Crippen LogP contribution in [-0.2, 0) is 4.74 Å². The Morgan fingerprint density at radius 2 is 2.07 bits per heavy atom. The van der Waals surface area contributed by atoms with Crippen molar-refractivity contribution >= 4 is 5.91 Å². The minimum absolute atomic E-state index is 0.0728. The molecule has 0 aliphatic carbocycles. The number of amides is 1. The number of hydrogen-bond acceptors (Lipinski definition) is 7. The van der Waals surface area contributed by atoms with Crippen molar-refractivity contribution in [1.82, 2.24) is 25.1 Å². The first-order valence-electron chi connectivity index (χ1n) is 9.04. The Bertz CT molecular complexity index is 971. The third-order valence-corrected chi connectivity index (χ3v) is 4.29. The van der Waals surface area contributed by atoms with E-state index in [0.717, 1.165) is 0 Å². The van der Waals surface area contributed by atoms with Crippen LogP contribution in [0.2, 0.25) is 0 Å². The molecule has 0 saturated carbocycles. The van der Waals surface area contributed by atoms with Gasteiger partial charge in [-0.25, -0.2) is 9.97 Å². The molecule has 0 aliphatic heterocycles. The van der Waals surface area contributed by atoms with Crippen molar-refractivity contribution in [3.63, 3.8) is 0 Å². The normalized spacial score (nSPS) is 11.8. The topological polar surface area (TPSA) is 111 Å². The molecule has 0 spiro atoms. The molecule has 3 aromatic heterocycles. The van der Waals surface area contributed by atoms with Crippen LogP contribution in [0.25, 0.3) is 16.9 Å². The van der Waals surface area contributed by atoms with Gasteiger partial charge in [-0.3, -0.25) is 4.79 Å². The van der Waals surface area contributed by atoms with Gasteiger partial charge in [0.15, 0.2) is 5.82 Å². The second-order valence-corrected chi connectivity index (χ2v) is 6.56. The molecule has 2 N–H and O–H groups in total. The zero-order valence-corrected chi connectivity index (χ0v) is 16.5. The highest BCUT2D eigenvalue weighted by atomic mass is 16.5. The van der Waals surface area contributed by atoms with Crippen LogP contribution in [0.4, 0.5) is 0 Å². The summed E-state index contributed by atoms with van der Waals surface area (Å²) >= 11 is 0. The molecule has 3 aromatic rings. The van der Waals surface area contributed by atoms with Gasteiger partial charge in [0.2, 0.25) is 11.8 Å². The van der Waals surface area contributed by atoms with Gasteiger partial charge in [0, 0.05) is 32.1 Å². The summed E-state index contributed by atoms with van der Waals surface area (Å²) in [7, 11) is 3.15. The third-order valence-electron chi connectivity index (χ3n) is 4.29. The van der Waals surface area contributed by atoms with Crippen molar-refractivity contribution in [2.24, 2.45) is 5.92 Å². The van der Waals surface area contributed by atoms with Crippen molar-refractivity contribution in [3.8, 4) is 28.7 Å². The van der Waals surface area contributed by atoms with Crippen LogP contribution in [-0.4, -0.2) is 58.1 Å². The van der Waals surface area contributed by atoms with Crippen molar-refractivity contribution < 1.29 is 19.4 Å². The van der Waals surface area contributed by atoms with E-state index in [4.69, 9.17) is 9.47 Å². The number of carbonyl (C=O) groups excluding carboxylic acids is 1. The highest BCUT2D eigenvalue weighted by Gasteiger charge is 2.15. The maximum absolute atomic E-state index is 12.2. The van der Waals surface area contributed by atoms with Gasteiger partial charge in [-0.1, -0.05) is 6.92 Å². The molecule has 3 heterocycles. The molecule has 0 fully saturated rings. The van der Waals surface area contributed by atoms with E-state index >= 15 is 0 Å². The van der Waals surface area contributed by atoms with Gasteiger partial charge in [0.05, 0.1) is 31.0 Å². The number of hydrogen-bond donors (Lipinski definition) is 2. The number of pyridine rings is 2. The molecule has 29 heavy (non-hydrogen) atoms. The van der Waals surface area contributed by atoms with E-state index in [-0.39, 0.29) is 17.7 Å². The fourth-order valence-electron chi connectivity index (χ4n) is 2.76. The average molecular weight is 397 g/mol. The van der Waals surface area contributed by atoms with Crippen LogP contribution in [0.1, 0.15) is 17.3 Å². The first-order valence-corrected chi connectivity index (χ1v) is 9.04. The Morgan fingerprint density at radius 1 is 1.24 bits per heavy atom. The maximum Gasteiger partial charge on any atom is 0.252 e. The van der Waals surface area contributed by atoms with E-state index in [0.29, 0.717) is 41.5 Å². The van der Waals surface area contributed by atoms with Gasteiger partial charge in [-0.2, -0.15) is 9.78 Å². The largest absolute Gasteiger partial charge is 0.493 e. The Balaban J connectivity index is 1.75. The molecule has 0 saturated heterocycles. The van der Waals surface area contributed by atoms with Crippen molar-refractivity contribution in [2.45, 2.75) is 6.92 Å². The Kier molecular flexibility index (Phi) is 6.40. The number of methoxy groups -OCH3 is 2. The van der Waals surface area contributed by atoms with Crippen LogP contribution < -0.4 is 10.1 Å². The molecule has 0 radical (unpaired) electrons. The highest BCUT2D eigenvalue weighted by Crippen LogP contribution is 2.31. The predicted octanol–water partition coefficient (Wildman–Crippen LogP) is 2.06. The van der Waals surface area contributed by atoms with Crippen molar-refractivity contribution in [3.05, 3.63) is 48.4 Å². The molecular weight excluding hydrogens is 374 g/mol. The average Bonchev–Trinajstić information content (AvgIpc) is 3.13. The Morgan fingerprint density at radius 3 is 2.76 bits per heavy atom. The number of nitrogens with one attached hydrogen (secondary N) is 1. The molecule has 0 aromatic carbocycles. The van der Waals surface area contributed by atoms with Crippen LogP contribution in [0.5, 0.6) is 11.8 Å². The summed E-state index contributed by atoms with van der Waals surface area (Å²) in [5.41, 5.74) is 1.65. The number of aromatic hydroxyl groups is 1. The number of rotatable bonds is 8. The molecule has 152 valence electrons. The van der Waals surface area contributed by atoms with Crippen molar-refractivity contribution in [2.75, 3.05) is 27.4 Å². The van der Waals surface area contributed by atoms with Crippen LogP contribution in [0, 0.1) is 5.92 Å². The summed E-state index contributed by atoms with van der Waals surface area (Å²) in [6.45, 7) is 3.07. The summed E-state index contributed by atoms with van der Waals surface area (Å²) in [4.78, 5) is 20.5. The second kappa shape index (κ2) is 9.16. The first kappa shape index (κ1) is 20.3. The zero-order valence-electron chi connectivity index (χ0n) is 16.5. The summed E-state index contributed by atoms with van der Waals surface area (Å²) in [6, 6.07) is 6.70. The predicted molar refractivity (Wildman–Crippen MR) is 106 cm³/mol. The van der Waals surface area contributed by atoms with Crippen LogP contribution >= 0.6 is 0 Å². The molecule has 1 amide bonds. The van der Waals surface area contributed by atoms with Crippen molar-refractivity contribution in [1.29, 1.82) is 0 Å². The number of aromatic nitrogens is 4. The molecular formula is C20H23N5O4. The minimum atomic E-state index is -0.221. The number of ether oxygens (including phenoxy) is 2. The van der Waals surface area contributed by atoms with E-state index in [1.165, 1.54) is 24.2 Å². The first-order chi connectivity index (χ1) is 14.0. The van der Waals surface area contributed by atoms with Crippen LogP contribution in [0.15, 0.2) is 42.9 Å². The molecule has 0 bridgehead atoms. The maximum atomic E-state index is 12.2. The van der Waals surface area contributed by atoms with Crippen LogP contribution in [0.3, 0.4) is 0 Å². The standard InChI is InChI=1S/C20H23N5O4/c1-13(12-28-2)9-23-19(26)15-4-5-17(22-10-15)25-20(27)16(11-24-25)14-6-7-21-18(8-14)29-3/h4-8,10-11,13,27H,9,12H2,1-3H3,(H,23,26). The smallest absolute Gasteiger partial charge is 0.252 e. The van der Waals surface area contributed by atoms with E-state index in [2.05, 4.69) is 20.4 Å². The fourth-order valence-corrected chi connectivity index (χ4v) is 2.76. The summed E-state index contributed by atoms with van der Waals surface area (Å²) < 4.78 is 11.5. The van der Waals surface area contributed by atoms with E-state index in [1.54, 1.807) is 37.6 Å². The molecule has 0 aliphatic rings. The Labute approximate surface area is 168 Å². The van der Waals surface area contributed by atoms with Gasteiger partial charge in [-0.15, -0.1) is 0 Å². The Hall–Kier alpha value is -3.46. The summed E-state index contributed by atoms with van der Waals surface area (Å²) in [6.07, 6.45) is 4.57. The monoisotopic (exact) mass is 397 g/mol. The quantitative estimate of drug-likeness (QED) is 0.598. The lowest BCUT2D eigenvalue weighted by Gasteiger charge is -2.11. The van der Waals surface area contributed by atoms with Gasteiger partial charge < -0.3 is 19.9 Å². The van der Waals surface area contributed by atoms with E-state index in [1.807, 2.05) is 6.92 Å². The highest BCUT2D eigenvalue weighted by molar-refractivity contribution is 5.93. The fraction of sp³-hybridized carbons (Fsp3) is 0.300. The van der Waals surface area contributed by atoms with E-state index in [9.17, 15) is 9.90 Å². The lowest BCUT2D eigenvalue weighted by atomic mass is 10.1. The molecule has 3 rings (SSSR count). The van der Waals surface area contributed by atoms with E-state index < -0.39 is 0 Å². The lowest BCUT2D eigenvalue weighted by Crippen LogP contribution is -2.30. The second-order valence-electron chi connectivity index (χ2n) is 6.56. The molecule has 1 unspecified atom stereocenters. The molecule has 9 nitrogen and oxygen atoms in total. The zero-order chi connectivity index (χ0) is 20.8. The van der Waals surface area contributed by atoms with Gasteiger partial charge in [0.25, 0.3) is 5.91 Å². The number of carbonyl (C=O) groups is 1. The lowest BCUT2D eigenvalue weighted by molar-refractivity contribution is 0.0933. The molecule has 9 heteroatoms. The summed E-state index contributed by atoms with van der Waals surface area (Å²) in [5.74, 6) is 0.738. The van der Waals surface area contributed by atoms with Gasteiger partial charge >= 0.3 is 0 Å². The minimum Gasteiger partial charge on any atom is -0.493 e. The number of nitrogens with zero attached hydrogens (tertiary/aromatic N) is 4. The SMILES string of the molecule is COCC(C)CNC(=O)c1ccc(-n2ncc(-c3ccnc(OC)c3)c2O)nc1. The summed E-state index contributed by atoms with van der Waals surface area (Å²) in [5, 5.41) is 17.6. The van der Waals surface area contributed by atoms with Gasteiger partial charge in [-0.05, 0) is 29.7 Å².